The van der Waals surface area contributed by atoms with E-state index in [4.69, 9.17) is 14.2 Å². The van der Waals surface area contributed by atoms with E-state index in [1.165, 1.54) is 11.8 Å². The van der Waals surface area contributed by atoms with Crippen molar-refractivity contribution < 1.29 is 41.8 Å². The Hall–Kier alpha value is -2.47. The second-order valence-corrected chi connectivity index (χ2v) is 15.2. The van der Waals surface area contributed by atoms with Gasteiger partial charge in [-0.1, -0.05) is 6.08 Å². The molecule has 11 nitrogen and oxygen atoms in total. The molecular weight excluding hydrogens is 528 g/mol. The predicted molar refractivity (Wildman–Crippen MR) is 146 cm³/mol. The molecule has 1 aliphatic heterocycles. The van der Waals surface area contributed by atoms with Gasteiger partial charge in [0, 0.05) is 13.5 Å². The Bertz CT molecular complexity index is 1050. The number of amides is 2. The summed E-state index contributed by atoms with van der Waals surface area (Å²) in [5.41, 5.74) is -2.75. The van der Waals surface area contributed by atoms with Gasteiger partial charge in [0.1, 0.15) is 34.3 Å². The molecule has 0 saturated carbocycles. The molecule has 39 heavy (non-hydrogen) atoms. The van der Waals surface area contributed by atoms with Gasteiger partial charge in [0.15, 0.2) is 9.84 Å². The van der Waals surface area contributed by atoms with Crippen molar-refractivity contribution in [3.8, 4) is 0 Å². The van der Waals surface area contributed by atoms with Crippen molar-refractivity contribution in [1.82, 2.24) is 9.80 Å². The van der Waals surface area contributed by atoms with E-state index in [0.29, 0.717) is 4.90 Å². The molecule has 0 aromatic rings. The quantitative estimate of drug-likeness (QED) is 0.241. The first kappa shape index (κ1) is 34.6. The molecule has 0 aromatic heterocycles. The summed E-state index contributed by atoms with van der Waals surface area (Å²) >= 11 is 0. The number of carbonyl (C=O) groups excluding carboxylic acids is 4. The van der Waals surface area contributed by atoms with Gasteiger partial charge in [-0.3, -0.25) is 19.3 Å². The van der Waals surface area contributed by atoms with Crippen molar-refractivity contribution in [3.05, 3.63) is 12.7 Å². The highest BCUT2D eigenvalue weighted by Gasteiger charge is 2.48. The van der Waals surface area contributed by atoms with E-state index >= 15 is 0 Å². The van der Waals surface area contributed by atoms with E-state index in [1.54, 1.807) is 68.4 Å². The molecule has 3 unspecified atom stereocenters. The van der Waals surface area contributed by atoms with Gasteiger partial charge in [0.25, 0.3) is 0 Å². The van der Waals surface area contributed by atoms with Crippen molar-refractivity contribution in [2.24, 2.45) is 5.92 Å². The molecule has 0 aliphatic carbocycles. The Labute approximate surface area is 233 Å². The van der Waals surface area contributed by atoms with E-state index in [-0.39, 0.29) is 18.9 Å². The van der Waals surface area contributed by atoms with Crippen molar-refractivity contribution in [3.63, 3.8) is 0 Å². The molecule has 1 saturated heterocycles. The first-order valence-corrected chi connectivity index (χ1v) is 14.7. The number of imide groups is 1. The Morgan fingerprint density at radius 2 is 1.44 bits per heavy atom. The van der Waals surface area contributed by atoms with Crippen molar-refractivity contribution in [1.29, 1.82) is 0 Å². The lowest BCUT2D eigenvalue weighted by Gasteiger charge is -2.35. The van der Waals surface area contributed by atoms with Crippen molar-refractivity contribution >= 4 is 33.8 Å². The van der Waals surface area contributed by atoms with E-state index < -0.39 is 73.8 Å². The van der Waals surface area contributed by atoms with Gasteiger partial charge in [0.2, 0.25) is 5.91 Å². The zero-order chi connectivity index (χ0) is 30.7. The van der Waals surface area contributed by atoms with Gasteiger partial charge < -0.3 is 14.2 Å². The zero-order valence-corrected chi connectivity index (χ0v) is 26.0. The molecule has 0 radical (unpaired) electrons. The van der Waals surface area contributed by atoms with Gasteiger partial charge in [-0.15, -0.1) is 6.58 Å². The second-order valence-electron chi connectivity index (χ2n) is 12.8. The minimum atomic E-state index is -4.37. The number of hydrogen-bond acceptors (Lipinski definition) is 10. The lowest BCUT2D eigenvalue weighted by molar-refractivity contribution is -0.166. The van der Waals surface area contributed by atoms with Crippen LogP contribution in [0.3, 0.4) is 0 Å². The molecule has 0 aromatic carbocycles. The van der Waals surface area contributed by atoms with E-state index in [2.05, 4.69) is 6.58 Å². The van der Waals surface area contributed by atoms with Gasteiger partial charge in [-0.05, 0) is 81.6 Å². The summed E-state index contributed by atoms with van der Waals surface area (Å²) in [6, 6.07) is -2.36. The first-order valence-electron chi connectivity index (χ1n) is 13.0. The summed E-state index contributed by atoms with van der Waals surface area (Å²) in [4.78, 5) is 53.7. The lowest BCUT2D eigenvalue weighted by atomic mass is 10.1. The number of likely N-dealkylation sites (tertiary alicyclic amines) is 1. The highest BCUT2D eigenvalue weighted by atomic mass is 32.2. The minimum Gasteiger partial charge on any atom is -0.459 e. The predicted octanol–water partition coefficient (Wildman–Crippen LogP) is 3.46. The molecule has 1 heterocycles. The van der Waals surface area contributed by atoms with Crippen LogP contribution in [0.25, 0.3) is 0 Å². The van der Waals surface area contributed by atoms with Gasteiger partial charge in [-0.25, -0.2) is 18.1 Å². The summed E-state index contributed by atoms with van der Waals surface area (Å²) in [7, 11) is -4.37. The molecule has 4 atom stereocenters. The zero-order valence-electron chi connectivity index (χ0n) is 25.2. The van der Waals surface area contributed by atoms with Crippen LogP contribution in [0.5, 0.6) is 0 Å². The van der Waals surface area contributed by atoms with Crippen LogP contribution in [0.1, 0.15) is 82.6 Å². The average molecular weight is 575 g/mol. The number of nitrogens with zero attached hydrogens (tertiary/aromatic N) is 2. The van der Waals surface area contributed by atoms with Gasteiger partial charge in [-0.2, -0.15) is 0 Å². The maximum Gasteiger partial charge on any atom is 0.418 e. The normalized spacial score (nSPS) is 20.5. The van der Waals surface area contributed by atoms with Crippen LogP contribution < -0.4 is 0 Å². The standard InChI is InChI=1S/C27H46N2O9S/c1-13-19-14-20(22(31)36-25(4,5)6)28(15-19)21(23(32)37-26(7,8)9)16-39(34,35)18(3)29(17(2)30)24(33)38-27(10,11)12/h13,18-21H,1,14-16H2,2-12H3/t18?,19?,20?,21-/m1/s1. The molecular formula is C27H46N2O9S. The fourth-order valence-electron chi connectivity index (χ4n) is 4.04. The molecule has 1 rings (SSSR count). The number of hydrogen-bond donors (Lipinski definition) is 0. The summed E-state index contributed by atoms with van der Waals surface area (Å²) in [5.74, 6) is -3.34. The average Bonchev–Trinajstić information content (AvgIpc) is 3.12. The Morgan fingerprint density at radius 3 is 1.85 bits per heavy atom. The Balaban J connectivity index is 3.52. The van der Waals surface area contributed by atoms with E-state index in [0.717, 1.165) is 6.92 Å². The largest absolute Gasteiger partial charge is 0.459 e. The molecule has 0 spiro atoms. The fourth-order valence-corrected chi connectivity index (χ4v) is 5.65. The van der Waals surface area contributed by atoms with Gasteiger partial charge >= 0.3 is 18.0 Å². The van der Waals surface area contributed by atoms with Crippen LogP contribution in [0, 0.1) is 5.92 Å². The molecule has 1 aliphatic rings. The van der Waals surface area contributed by atoms with Crippen LogP contribution in [0.4, 0.5) is 4.79 Å². The topological polar surface area (TPSA) is 137 Å². The third kappa shape index (κ3) is 10.6. The number of rotatable bonds is 8. The number of ether oxygens (including phenoxy) is 3. The number of sulfone groups is 1. The van der Waals surface area contributed by atoms with Crippen LogP contribution in [0.2, 0.25) is 0 Å². The summed E-state index contributed by atoms with van der Waals surface area (Å²) < 4.78 is 43.7. The molecule has 0 N–H and O–H groups in total. The van der Waals surface area contributed by atoms with Crippen LogP contribution in [0.15, 0.2) is 12.7 Å². The minimum absolute atomic E-state index is 0.156. The number of carbonyl (C=O) groups is 4. The number of esters is 2. The van der Waals surface area contributed by atoms with Crippen molar-refractivity contribution in [2.45, 2.75) is 117 Å². The molecule has 224 valence electrons. The maximum absolute atomic E-state index is 13.7. The molecule has 12 heteroatoms. The van der Waals surface area contributed by atoms with Gasteiger partial charge in [0.05, 0.1) is 5.75 Å². The summed E-state index contributed by atoms with van der Waals surface area (Å²) in [6.07, 6.45) is 0.783. The van der Waals surface area contributed by atoms with Crippen LogP contribution in [-0.2, 0) is 38.4 Å². The SMILES string of the molecule is C=CC1CC(C(=O)OC(C)(C)C)N([C@H](CS(=O)(=O)C(C)N(C(C)=O)C(=O)OC(C)(C)C)C(=O)OC(C)(C)C)C1. The lowest BCUT2D eigenvalue weighted by Crippen LogP contribution is -2.56. The third-order valence-corrected chi connectivity index (χ3v) is 7.70. The third-order valence-electron chi connectivity index (χ3n) is 5.67. The Kier molecular flexibility index (Phi) is 11.0. The monoisotopic (exact) mass is 574 g/mol. The fraction of sp³-hybridized carbons (Fsp3) is 0.778. The van der Waals surface area contributed by atoms with E-state index in [1.807, 2.05) is 0 Å². The first-order chi connectivity index (χ1) is 17.4. The van der Waals surface area contributed by atoms with E-state index in [9.17, 15) is 27.6 Å². The highest BCUT2D eigenvalue weighted by molar-refractivity contribution is 7.92. The van der Waals surface area contributed by atoms with Crippen LogP contribution in [-0.4, -0.2) is 88.7 Å². The van der Waals surface area contributed by atoms with Crippen molar-refractivity contribution in [2.75, 3.05) is 12.3 Å². The maximum atomic E-state index is 13.7. The van der Waals surface area contributed by atoms with Crippen LogP contribution >= 0.6 is 0 Å². The molecule has 1 fully saturated rings. The second kappa shape index (κ2) is 12.4. The Morgan fingerprint density at radius 1 is 0.949 bits per heavy atom. The molecule has 2 amide bonds. The highest BCUT2D eigenvalue weighted by Crippen LogP contribution is 2.31. The smallest absolute Gasteiger partial charge is 0.418 e. The summed E-state index contributed by atoms with van der Waals surface area (Å²) in [6.45, 7) is 21.0. The summed E-state index contributed by atoms with van der Waals surface area (Å²) in [5, 5.41) is -1.66. The molecule has 0 bridgehead atoms.